The minimum atomic E-state index is -4.93. The van der Waals surface area contributed by atoms with Gasteiger partial charge in [-0.15, -0.1) is 0 Å². The molecule has 47 heavy (non-hydrogen) atoms. The van der Waals surface area contributed by atoms with Gasteiger partial charge in [0.15, 0.2) is 23.4 Å². The summed E-state index contributed by atoms with van der Waals surface area (Å²) in [6.45, 7) is 4.19. The fourth-order valence-electron chi connectivity index (χ4n) is 7.24. The Hall–Kier alpha value is -3.46. The van der Waals surface area contributed by atoms with Crippen molar-refractivity contribution in [2.75, 3.05) is 41.5 Å². The molecule has 3 aliphatic carbocycles. The molecule has 0 saturated heterocycles. The maximum Gasteiger partial charge on any atom is 0.417 e. The van der Waals surface area contributed by atoms with E-state index in [0.29, 0.717) is 12.8 Å². The van der Waals surface area contributed by atoms with E-state index >= 15 is 0 Å². The van der Waals surface area contributed by atoms with Crippen molar-refractivity contribution in [3.63, 3.8) is 0 Å². The third-order valence-corrected chi connectivity index (χ3v) is 9.37. The van der Waals surface area contributed by atoms with Crippen LogP contribution in [-0.2, 0) is 22.1 Å². The molecular weight excluding hydrogens is 625 g/mol. The number of benzene rings is 1. The van der Waals surface area contributed by atoms with Gasteiger partial charge >= 0.3 is 6.18 Å². The van der Waals surface area contributed by atoms with E-state index in [1.165, 1.54) is 14.2 Å². The van der Waals surface area contributed by atoms with E-state index in [9.17, 15) is 33.0 Å². The number of methoxy groups -OCH3 is 2. The van der Waals surface area contributed by atoms with Crippen LogP contribution in [0.1, 0.15) is 101 Å². The second-order valence-corrected chi connectivity index (χ2v) is 12.5. The monoisotopic (exact) mass is 666 g/mol. The summed E-state index contributed by atoms with van der Waals surface area (Å²) in [5.74, 6) is -5.10. The maximum absolute atomic E-state index is 14.9. The SMILES string of the molecule is CCCCOc1cc(C(OC)OC)c(C(F)(F)F)c2c1C(=O)C1=C(O)[C@]3(O)C(=O)c4c(OCCCC)noc4[C@@H](N(C)C)[C@@H]3C[C@@H]1C2. The van der Waals surface area contributed by atoms with Crippen LogP contribution in [0, 0.1) is 11.8 Å². The number of ether oxygens (including phenoxy) is 4. The first-order valence-electron chi connectivity index (χ1n) is 15.8. The number of aliphatic hydroxyl groups excluding tert-OH is 1. The number of allylic oxidation sites excluding steroid dienone is 1. The zero-order chi connectivity index (χ0) is 34.4. The number of rotatable bonds is 12. The molecule has 5 rings (SSSR count). The van der Waals surface area contributed by atoms with Crippen LogP contribution in [0.5, 0.6) is 11.6 Å². The van der Waals surface area contributed by atoms with Gasteiger partial charge in [0, 0.05) is 31.3 Å². The largest absolute Gasteiger partial charge is 0.508 e. The normalized spacial score (nSPS) is 24.0. The molecule has 0 saturated carbocycles. The van der Waals surface area contributed by atoms with E-state index in [1.807, 2.05) is 13.8 Å². The highest BCUT2D eigenvalue weighted by atomic mass is 19.4. The first-order chi connectivity index (χ1) is 22.3. The van der Waals surface area contributed by atoms with E-state index in [2.05, 4.69) is 5.16 Å². The molecule has 0 aliphatic heterocycles. The molecule has 0 unspecified atom stereocenters. The fraction of sp³-hybridized carbons (Fsp3) is 0.606. The van der Waals surface area contributed by atoms with E-state index in [-0.39, 0.29) is 71.3 Å². The number of aliphatic hydroxyl groups is 2. The highest BCUT2D eigenvalue weighted by Gasteiger charge is 2.64. The summed E-state index contributed by atoms with van der Waals surface area (Å²) in [5, 5.41) is 28.0. The molecule has 1 heterocycles. The molecule has 4 atom stereocenters. The number of carbonyl (C=O) groups is 2. The number of unbranched alkanes of at least 4 members (excludes halogenated alkanes) is 2. The molecule has 0 radical (unpaired) electrons. The van der Waals surface area contributed by atoms with E-state index < -0.39 is 58.8 Å². The summed E-state index contributed by atoms with van der Waals surface area (Å²) in [4.78, 5) is 30.2. The Morgan fingerprint density at radius 2 is 1.72 bits per heavy atom. The molecule has 3 aliphatic rings. The third kappa shape index (κ3) is 5.62. The van der Waals surface area contributed by atoms with Crippen molar-refractivity contribution in [2.45, 2.75) is 76.5 Å². The molecule has 11 nitrogen and oxygen atoms in total. The smallest absolute Gasteiger partial charge is 0.417 e. The lowest BCUT2D eigenvalue weighted by Gasteiger charge is -2.49. The number of alkyl halides is 3. The molecule has 1 aromatic carbocycles. The second kappa shape index (κ2) is 13.2. The van der Waals surface area contributed by atoms with Gasteiger partial charge in [0.25, 0.3) is 5.88 Å². The number of hydrogen-bond acceptors (Lipinski definition) is 11. The number of Topliss-reactive ketones (excluding diaryl/α,β-unsaturated/α-hetero) is 2. The second-order valence-electron chi connectivity index (χ2n) is 12.5. The predicted molar refractivity (Wildman–Crippen MR) is 161 cm³/mol. The number of nitrogens with zero attached hydrogens (tertiary/aromatic N) is 2. The summed E-state index contributed by atoms with van der Waals surface area (Å²) < 4.78 is 72.4. The standard InChI is InChI=1S/C33H41F3N2O9/c1-7-9-11-45-20-15-18(31(43-5)44-6)24(33(34,35)36)17-13-16-14-19-25(38(3)4)27-23(30(37-47-27)46-12-10-8-2)29(41)32(19,42)28(40)21(16)26(39)22(17)20/h15-16,19,25,31,40,42H,7-14H2,1-6H3/t16-,19-,25-,32-/m0/s1. The van der Waals surface area contributed by atoms with Gasteiger partial charge < -0.3 is 33.7 Å². The van der Waals surface area contributed by atoms with Gasteiger partial charge in [-0.05, 0) is 62.5 Å². The first-order valence-corrected chi connectivity index (χ1v) is 15.8. The Balaban J connectivity index is 1.73. The van der Waals surface area contributed by atoms with Crippen LogP contribution >= 0.6 is 0 Å². The molecule has 0 spiro atoms. The van der Waals surface area contributed by atoms with E-state index in [0.717, 1.165) is 18.9 Å². The topological polar surface area (TPSA) is 141 Å². The van der Waals surface area contributed by atoms with Gasteiger partial charge in [0.1, 0.15) is 17.1 Å². The van der Waals surface area contributed by atoms with Crippen molar-refractivity contribution >= 4 is 11.6 Å². The van der Waals surface area contributed by atoms with Gasteiger partial charge in [-0.1, -0.05) is 26.7 Å². The van der Waals surface area contributed by atoms with Crippen LogP contribution in [-0.4, -0.2) is 79.0 Å². The summed E-state index contributed by atoms with van der Waals surface area (Å²) >= 11 is 0. The van der Waals surface area contributed by atoms with Crippen LogP contribution in [0.15, 0.2) is 21.9 Å². The Morgan fingerprint density at radius 3 is 2.30 bits per heavy atom. The van der Waals surface area contributed by atoms with Crippen molar-refractivity contribution in [3.8, 4) is 11.6 Å². The predicted octanol–water partition coefficient (Wildman–Crippen LogP) is 5.76. The summed E-state index contributed by atoms with van der Waals surface area (Å²) in [6.07, 6.45) is -4.09. The van der Waals surface area contributed by atoms with Gasteiger partial charge in [0.05, 0.1) is 30.4 Å². The lowest BCUT2D eigenvalue weighted by atomic mass is 9.58. The van der Waals surface area contributed by atoms with Crippen molar-refractivity contribution in [1.29, 1.82) is 0 Å². The van der Waals surface area contributed by atoms with Crippen molar-refractivity contribution in [1.82, 2.24) is 10.1 Å². The Bertz CT molecular complexity index is 1560. The Labute approximate surface area is 270 Å². The van der Waals surface area contributed by atoms with Crippen molar-refractivity contribution in [3.05, 3.63) is 51.0 Å². The van der Waals surface area contributed by atoms with Crippen LogP contribution in [0.2, 0.25) is 0 Å². The van der Waals surface area contributed by atoms with E-state index in [1.54, 1.807) is 19.0 Å². The number of aromatic nitrogens is 1. The molecule has 0 bridgehead atoms. The lowest BCUT2D eigenvalue weighted by Crippen LogP contribution is -2.59. The molecule has 2 N–H and O–H groups in total. The van der Waals surface area contributed by atoms with Crippen molar-refractivity contribution in [2.24, 2.45) is 11.8 Å². The molecule has 0 fully saturated rings. The van der Waals surface area contributed by atoms with Crippen molar-refractivity contribution < 1.29 is 56.4 Å². The first kappa shape index (κ1) is 34.9. The third-order valence-electron chi connectivity index (χ3n) is 9.37. The summed E-state index contributed by atoms with van der Waals surface area (Å²) in [7, 11) is 5.76. The van der Waals surface area contributed by atoms with Gasteiger partial charge in [0.2, 0.25) is 5.78 Å². The van der Waals surface area contributed by atoms with Gasteiger partial charge in [-0.2, -0.15) is 13.2 Å². The van der Waals surface area contributed by atoms with Crippen LogP contribution < -0.4 is 9.47 Å². The maximum atomic E-state index is 14.9. The zero-order valence-electron chi connectivity index (χ0n) is 27.3. The quantitative estimate of drug-likeness (QED) is 0.211. The highest BCUT2D eigenvalue weighted by molar-refractivity contribution is 6.16. The lowest BCUT2D eigenvalue weighted by molar-refractivity contribution is -0.148. The van der Waals surface area contributed by atoms with Crippen LogP contribution in [0.25, 0.3) is 0 Å². The molecule has 0 amide bonds. The Kier molecular flexibility index (Phi) is 9.80. The number of hydrogen-bond donors (Lipinski definition) is 2. The molecule has 2 aromatic rings. The molecular formula is C33H41F3N2O9. The minimum absolute atomic E-state index is 0.103. The fourth-order valence-corrected chi connectivity index (χ4v) is 7.24. The average Bonchev–Trinajstić information content (AvgIpc) is 3.42. The molecule has 14 heteroatoms. The highest BCUT2D eigenvalue weighted by Crippen LogP contribution is 2.57. The number of fused-ring (bicyclic) bond motifs is 4. The van der Waals surface area contributed by atoms with Crippen LogP contribution in [0.4, 0.5) is 13.2 Å². The zero-order valence-corrected chi connectivity index (χ0v) is 27.3. The Morgan fingerprint density at radius 1 is 1.09 bits per heavy atom. The van der Waals surface area contributed by atoms with Crippen LogP contribution in [0.3, 0.4) is 0 Å². The van der Waals surface area contributed by atoms with Gasteiger partial charge in [-0.3, -0.25) is 14.5 Å². The summed E-state index contributed by atoms with van der Waals surface area (Å²) in [6, 6.07) is 0.235. The number of halogens is 3. The minimum Gasteiger partial charge on any atom is -0.508 e. The van der Waals surface area contributed by atoms with E-state index in [4.69, 9.17) is 23.5 Å². The average molecular weight is 667 g/mol. The molecule has 258 valence electrons. The number of carbonyl (C=O) groups excluding carboxylic acids is 2. The molecule has 1 aromatic heterocycles. The summed E-state index contributed by atoms with van der Waals surface area (Å²) in [5.41, 5.74) is -5.24. The number of ketones is 2. The van der Waals surface area contributed by atoms with Gasteiger partial charge in [-0.25, -0.2) is 0 Å².